The SMILES string of the molecule is CC/C=C\C/C=C\C/C=C\CCCCCC(=O)OC(COC(=O)CCCCCCC/C=C\C/C=C\CCC)COC(=O)CCCCCCCCCCCCCCCCCCCCC/C=C\CCCCCCCCCC. The summed E-state index contributed by atoms with van der Waals surface area (Å²) in [7, 11) is 0. The van der Waals surface area contributed by atoms with Crippen LogP contribution in [0.4, 0.5) is 0 Å². The molecule has 0 amide bonds. The largest absolute Gasteiger partial charge is 0.462 e. The van der Waals surface area contributed by atoms with E-state index in [1.165, 1.54) is 173 Å². The molecule has 1 atom stereocenters. The first kappa shape index (κ1) is 71.8. The molecular weight excluding hydrogens is 925 g/mol. The molecule has 0 fully saturated rings. The maximum atomic E-state index is 12.8. The van der Waals surface area contributed by atoms with Gasteiger partial charge in [-0.1, -0.05) is 280 Å². The Labute approximate surface area is 465 Å². The number of allylic oxidation sites excluding steroid dienone is 12. The fourth-order valence-corrected chi connectivity index (χ4v) is 9.32. The van der Waals surface area contributed by atoms with E-state index in [4.69, 9.17) is 14.2 Å². The van der Waals surface area contributed by atoms with Crippen LogP contribution in [0.5, 0.6) is 0 Å². The van der Waals surface area contributed by atoms with E-state index >= 15 is 0 Å². The van der Waals surface area contributed by atoms with E-state index in [1.54, 1.807) is 0 Å². The molecule has 0 radical (unpaired) electrons. The van der Waals surface area contributed by atoms with Crippen molar-refractivity contribution in [2.24, 2.45) is 0 Å². The average molecular weight is 1050 g/mol. The van der Waals surface area contributed by atoms with Crippen molar-refractivity contribution in [2.45, 2.75) is 335 Å². The number of esters is 3. The fourth-order valence-electron chi connectivity index (χ4n) is 9.32. The summed E-state index contributed by atoms with van der Waals surface area (Å²) >= 11 is 0. The first-order valence-corrected chi connectivity index (χ1v) is 32.4. The van der Waals surface area contributed by atoms with Crippen LogP contribution in [0.2, 0.25) is 0 Å². The molecule has 434 valence electrons. The van der Waals surface area contributed by atoms with Crippen LogP contribution >= 0.6 is 0 Å². The first-order chi connectivity index (χ1) is 37.0. The zero-order chi connectivity index (χ0) is 54.3. The quantitative estimate of drug-likeness (QED) is 0.0261. The second kappa shape index (κ2) is 63.4. The van der Waals surface area contributed by atoms with Crippen LogP contribution in [0.3, 0.4) is 0 Å². The van der Waals surface area contributed by atoms with E-state index in [1.807, 2.05) is 0 Å². The average Bonchev–Trinajstić information content (AvgIpc) is 3.41. The van der Waals surface area contributed by atoms with Gasteiger partial charge in [0.25, 0.3) is 0 Å². The second-order valence-corrected chi connectivity index (χ2v) is 21.6. The fraction of sp³-hybridized carbons (Fsp3) is 0.783. The van der Waals surface area contributed by atoms with Gasteiger partial charge in [-0.3, -0.25) is 14.4 Å². The number of carbonyl (C=O) groups excluding carboxylic acids is 3. The molecule has 0 saturated heterocycles. The van der Waals surface area contributed by atoms with Crippen LogP contribution in [0.25, 0.3) is 0 Å². The van der Waals surface area contributed by atoms with Crippen LogP contribution in [-0.4, -0.2) is 37.2 Å². The van der Waals surface area contributed by atoms with Crippen LogP contribution in [0.1, 0.15) is 329 Å². The van der Waals surface area contributed by atoms with Gasteiger partial charge in [-0.25, -0.2) is 0 Å². The summed E-state index contributed by atoms with van der Waals surface area (Å²) in [6, 6.07) is 0. The van der Waals surface area contributed by atoms with Gasteiger partial charge in [-0.15, -0.1) is 0 Å². The molecule has 0 aromatic rings. The lowest BCUT2D eigenvalue weighted by Gasteiger charge is -2.18. The molecule has 75 heavy (non-hydrogen) atoms. The molecule has 0 aliphatic rings. The van der Waals surface area contributed by atoms with E-state index < -0.39 is 6.10 Å². The Hall–Kier alpha value is -3.15. The van der Waals surface area contributed by atoms with E-state index in [-0.39, 0.29) is 31.1 Å². The number of hydrogen-bond acceptors (Lipinski definition) is 6. The molecular formula is C69H122O6. The van der Waals surface area contributed by atoms with Crippen molar-refractivity contribution >= 4 is 17.9 Å². The van der Waals surface area contributed by atoms with E-state index in [2.05, 4.69) is 93.7 Å². The standard InChI is InChI=1S/C69H122O6/c1-4-7-10-13-16-19-22-25-26-27-28-29-30-31-32-33-34-35-36-37-38-39-40-41-42-45-47-50-53-56-59-62-68(71)74-65-66(75-69(72)63-60-57-54-51-48-44-24-21-18-15-12-9-6-3)64-73-67(70)61-58-55-52-49-46-43-23-20-17-14-11-8-5-2/h9,11-12,14,18,20-21,23,27-28,44,48,66H,4-8,10,13,15-17,19,22,24-26,29-43,45-47,49-65H2,1-3H3/b12-9-,14-11-,21-18-,23-20-,28-27-,48-44-. The minimum Gasteiger partial charge on any atom is -0.462 e. The normalized spacial score (nSPS) is 12.5. The highest BCUT2D eigenvalue weighted by molar-refractivity contribution is 5.71. The minimum atomic E-state index is -0.796. The Balaban J connectivity index is 4.13. The third-order valence-electron chi connectivity index (χ3n) is 14.1. The number of rotatable bonds is 59. The Morgan fingerprint density at radius 3 is 0.893 bits per heavy atom. The van der Waals surface area contributed by atoms with Crippen molar-refractivity contribution in [2.75, 3.05) is 13.2 Å². The molecule has 0 rings (SSSR count). The Morgan fingerprint density at radius 1 is 0.280 bits per heavy atom. The zero-order valence-corrected chi connectivity index (χ0v) is 49.8. The third kappa shape index (κ3) is 61.6. The van der Waals surface area contributed by atoms with E-state index in [9.17, 15) is 14.4 Å². The van der Waals surface area contributed by atoms with Crippen molar-refractivity contribution in [1.29, 1.82) is 0 Å². The third-order valence-corrected chi connectivity index (χ3v) is 14.1. The molecule has 6 heteroatoms. The lowest BCUT2D eigenvalue weighted by molar-refractivity contribution is -0.167. The number of unbranched alkanes of at least 4 members (excludes halogenated alkanes) is 36. The van der Waals surface area contributed by atoms with Gasteiger partial charge in [0, 0.05) is 19.3 Å². The molecule has 0 aromatic carbocycles. The Morgan fingerprint density at radius 2 is 0.547 bits per heavy atom. The van der Waals surface area contributed by atoms with Crippen LogP contribution in [0.15, 0.2) is 72.9 Å². The first-order valence-electron chi connectivity index (χ1n) is 32.4. The summed E-state index contributed by atoms with van der Waals surface area (Å²) in [5.41, 5.74) is 0. The molecule has 0 N–H and O–H groups in total. The molecule has 0 aliphatic carbocycles. The highest BCUT2D eigenvalue weighted by atomic mass is 16.6. The summed E-state index contributed by atoms with van der Waals surface area (Å²) < 4.78 is 16.8. The van der Waals surface area contributed by atoms with Crippen molar-refractivity contribution in [3.63, 3.8) is 0 Å². The van der Waals surface area contributed by atoms with Crippen molar-refractivity contribution in [1.82, 2.24) is 0 Å². The van der Waals surface area contributed by atoms with E-state index in [0.29, 0.717) is 19.3 Å². The van der Waals surface area contributed by atoms with Crippen LogP contribution in [-0.2, 0) is 28.6 Å². The van der Waals surface area contributed by atoms with Gasteiger partial charge in [0.1, 0.15) is 13.2 Å². The number of hydrogen-bond donors (Lipinski definition) is 0. The summed E-state index contributed by atoms with van der Waals surface area (Å²) in [6.07, 6.45) is 82.3. The summed E-state index contributed by atoms with van der Waals surface area (Å²) in [4.78, 5) is 38.2. The molecule has 0 aromatic heterocycles. The molecule has 0 heterocycles. The summed E-state index contributed by atoms with van der Waals surface area (Å²) in [5.74, 6) is -0.923. The van der Waals surface area contributed by atoms with E-state index in [0.717, 1.165) is 116 Å². The molecule has 1 unspecified atom stereocenters. The van der Waals surface area contributed by atoms with Gasteiger partial charge in [-0.05, 0) is 103 Å². The lowest BCUT2D eigenvalue weighted by Crippen LogP contribution is -2.30. The van der Waals surface area contributed by atoms with Crippen LogP contribution < -0.4 is 0 Å². The number of ether oxygens (including phenoxy) is 3. The minimum absolute atomic E-state index is 0.0898. The topological polar surface area (TPSA) is 78.9 Å². The predicted octanol–water partition coefficient (Wildman–Crippen LogP) is 22.1. The van der Waals surface area contributed by atoms with Gasteiger partial charge in [-0.2, -0.15) is 0 Å². The number of carbonyl (C=O) groups is 3. The predicted molar refractivity (Wildman–Crippen MR) is 325 cm³/mol. The maximum absolute atomic E-state index is 12.8. The van der Waals surface area contributed by atoms with Crippen molar-refractivity contribution in [3.05, 3.63) is 72.9 Å². The molecule has 0 spiro atoms. The Kier molecular flexibility index (Phi) is 60.7. The maximum Gasteiger partial charge on any atom is 0.306 e. The molecule has 0 bridgehead atoms. The van der Waals surface area contributed by atoms with Crippen molar-refractivity contribution in [3.8, 4) is 0 Å². The zero-order valence-electron chi connectivity index (χ0n) is 49.8. The van der Waals surface area contributed by atoms with Gasteiger partial charge >= 0.3 is 17.9 Å². The highest BCUT2D eigenvalue weighted by Gasteiger charge is 2.19. The highest BCUT2D eigenvalue weighted by Crippen LogP contribution is 2.17. The Bertz CT molecular complexity index is 1390. The monoisotopic (exact) mass is 1050 g/mol. The van der Waals surface area contributed by atoms with Crippen molar-refractivity contribution < 1.29 is 28.6 Å². The lowest BCUT2D eigenvalue weighted by atomic mass is 10.0. The molecule has 0 aliphatic heterocycles. The summed E-state index contributed by atoms with van der Waals surface area (Å²) in [5, 5.41) is 0. The molecule has 0 saturated carbocycles. The van der Waals surface area contributed by atoms with Gasteiger partial charge in [0.15, 0.2) is 6.10 Å². The van der Waals surface area contributed by atoms with Crippen LogP contribution in [0, 0.1) is 0 Å². The van der Waals surface area contributed by atoms with Gasteiger partial charge in [0.05, 0.1) is 0 Å². The second-order valence-electron chi connectivity index (χ2n) is 21.6. The van der Waals surface area contributed by atoms with Gasteiger partial charge in [0.2, 0.25) is 0 Å². The molecule has 6 nitrogen and oxygen atoms in total. The smallest absolute Gasteiger partial charge is 0.306 e. The van der Waals surface area contributed by atoms with Gasteiger partial charge < -0.3 is 14.2 Å². The summed E-state index contributed by atoms with van der Waals surface area (Å²) in [6.45, 7) is 6.45.